The van der Waals surface area contributed by atoms with E-state index in [4.69, 9.17) is 5.11 Å². The summed E-state index contributed by atoms with van der Waals surface area (Å²) < 4.78 is 0. The van der Waals surface area contributed by atoms with Gasteiger partial charge in [-0.05, 0) is 26.4 Å². The van der Waals surface area contributed by atoms with Crippen LogP contribution in [0.15, 0.2) is 0 Å². The summed E-state index contributed by atoms with van der Waals surface area (Å²) in [5, 5.41) is 11.8. The van der Waals surface area contributed by atoms with Gasteiger partial charge in [-0.1, -0.05) is 26.7 Å². The van der Waals surface area contributed by atoms with Crippen LogP contribution in [-0.4, -0.2) is 66.2 Å². The second kappa shape index (κ2) is 7.47. The summed E-state index contributed by atoms with van der Waals surface area (Å²) in [6, 6.07) is -0.708. The maximum absolute atomic E-state index is 12.2. The fraction of sp³-hybridized carbons (Fsp3) is 0.857. The van der Waals surface area contributed by atoms with E-state index in [1.807, 2.05) is 21.0 Å². The third kappa shape index (κ3) is 4.37. The number of likely N-dealkylation sites (tertiary alicyclic amines) is 1. The first-order valence-electron chi connectivity index (χ1n) is 7.31. The van der Waals surface area contributed by atoms with Crippen molar-refractivity contribution in [1.82, 2.24) is 15.1 Å². The first kappa shape index (κ1) is 16.8. The lowest BCUT2D eigenvalue weighted by Gasteiger charge is -2.23. The van der Waals surface area contributed by atoms with Gasteiger partial charge in [-0.2, -0.15) is 0 Å². The maximum atomic E-state index is 12.2. The predicted molar refractivity (Wildman–Crippen MR) is 77.7 cm³/mol. The largest absolute Gasteiger partial charge is 0.480 e. The van der Waals surface area contributed by atoms with Crippen LogP contribution in [0.1, 0.15) is 33.1 Å². The van der Waals surface area contributed by atoms with E-state index in [1.165, 1.54) is 0 Å². The van der Waals surface area contributed by atoms with Gasteiger partial charge in [0, 0.05) is 19.1 Å². The molecule has 0 aliphatic carbocycles. The Morgan fingerprint density at radius 3 is 2.50 bits per heavy atom. The van der Waals surface area contributed by atoms with E-state index in [2.05, 4.69) is 17.1 Å². The summed E-state index contributed by atoms with van der Waals surface area (Å²) in [7, 11) is 4.01. The summed E-state index contributed by atoms with van der Waals surface area (Å²) in [6.45, 7) is 5.45. The summed E-state index contributed by atoms with van der Waals surface area (Å²) in [5.41, 5.74) is 0. The molecule has 6 heteroatoms. The van der Waals surface area contributed by atoms with E-state index in [-0.39, 0.29) is 6.03 Å². The Hall–Kier alpha value is -1.30. The number of amides is 2. The smallest absolute Gasteiger partial charge is 0.326 e. The molecule has 1 saturated heterocycles. The number of likely N-dealkylation sites (N-methyl/N-ethyl adjacent to an activating group) is 1. The summed E-state index contributed by atoms with van der Waals surface area (Å²) in [5.74, 6) is -0.558. The quantitative estimate of drug-likeness (QED) is 0.769. The topological polar surface area (TPSA) is 72.9 Å². The van der Waals surface area contributed by atoms with Gasteiger partial charge in [0.2, 0.25) is 0 Å². The summed E-state index contributed by atoms with van der Waals surface area (Å²) in [4.78, 5) is 27.2. The first-order valence-corrected chi connectivity index (χ1v) is 7.31. The fourth-order valence-corrected chi connectivity index (χ4v) is 2.69. The molecule has 20 heavy (non-hydrogen) atoms. The maximum Gasteiger partial charge on any atom is 0.326 e. The molecule has 0 radical (unpaired) electrons. The third-order valence-corrected chi connectivity index (χ3v) is 3.97. The molecular formula is C14H27N3O3. The first-order chi connectivity index (χ1) is 9.36. The number of rotatable bonds is 6. The molecule has 3 atom stereocenters. The van der Waals surface area contributed by atoms with Crippen LogP contribution in [0.2, 0.25) is 0 Å². The molecule has 1 rings (SSSR count). The van der Waals surface area contributed by atoms with Crippen molar-refractivity contribution < 1.29 is 14.7 Å². The van der Waals surface area contributed by atoms with Crippen LogP contribution in [0.3, 0.4) is 0 Å². The predicted octanol–water partition coefficient (Wildman–Crippen LogP) is 1.22. The molecule has 1 aliphatic heterocycles. The number of hydrogen-bond acceptors (Lipinski definition) is 3. The molecule has 0 bridgehead atoms. The monoisotopic (exact) mass is 285 g/mol. The molecule has 1 aliphatic rings. The van der Waals surface area contributed by atoms with Gasteiger partial charge in [-0.25, -0.2) is 9.59 Å². The van der Waals surface area contributed by atoms with E-state index in [0.717, 1.165) is 12.8 Å². The van der Waals surface area contributed by atoms with Crippen LogP contribution in [0.4, 0.5) is 4.79 Å². The standard InChI is InChI=1S/C14H27N3O3/c1-5-6-7-11(13(18)19)15-14(20)17-8-10(2)12(9-17)16(3)4/h10-12H,5-9H2,1-4H3,(H,15,20)(H,18,19). The highest BCUT2D eigenvalue weighted by atomic mass is 16.4. The van der Waals surface area contributed by atoms with Gasteiger partial charge in [0.05, 0.1) is 0 Å². The van der Waals surface area contributed by atoms with Gasteiger partial charge in [-0.15, -0.1) is 0 Å². The fourth-order valence-electron chi connectivity index (χ4n) is 2.69. The number of aliphatic carboxylic acids is 1. The van der Waals surface area contributed by atoms with Crippen molar-refractivity contribution >= 4 is 12.0 Å². The van der Waals surface area contributed by atoms with Gasteiger partial charge < -0.3 is 20.2 Å². The highest BCUT2D eigenvalue weighted by Crippen LogP contribution is 2.20. The Morgan fingerprint density at radius 2 is 2.05 bits per heavy atom. The molecule has 2 N–H and O–H groups in total. The number of urea groups is 1. The van der Waals surface area contributed by atoms with E-state index in [1.54, 1.807) is 4.90 Å². The third-order valence-electron chi connectivity index (χ3n) is 3.97. The van der Waals surface area contributed by atoms with E-state index >= 15 is 0 Å². The summed E-state index contributed by atoms with van der Waals surface area (Å²) >= 11 is 0. The van der Waals surface area contributed by atoms with E-state index in [9.17, 15) is 9.59 Å². The van der Waals surface area contributed by atoms with Crippen LogP contribution in [0, 0.1) is 5.92 Å². The number of nitrogens with one attached hydrogen (secondary N) is 1. The number of nitrogens with zero attached hydrogens (tertiary/aromatic N) is 2. The normalized spacial score (nSPS) is 23.9. The number of carboxylic acids is 1. The molecule has 116 valence electrons. The number of carbonyl (C=O) groups is 2. The SMILES string of the molecule is CCCCC(NC(=O)N1CC(C)C(N(C)C)C1)C(=O)O. The average Bonchev–Trinajstić information content (AvgIpc) is 2.76. The van der Waals surface area contributed by atoms with Gasteiger partial charge >= 0.3 is 12.0 Å². The molecule has 3 unspecified atom stereocenters. The number of unbranched alkanes of at least 4 members (excludes halogenated alkanes) is 1. The van der Waals surface area contributed by atoms with Gasteiger partial charge in [0.15, 0.2) is 0 Å². The molecule has 0 saturated carbocycles. The van der Waals surface area contributed by atoms with Crippen molar-refractivity contribution in [3.63, 3.8) is 0 Å². The number of carbonyl (C=O) groups excluding carboxylic acids is 1. The van der Waals surface area contributed by atoms with Crippen LogP contribution in [-0.2, 0) is 4.79 Å². The van der Waals surface area contributed by atoms with Crippen molar-refractivity contribution in [2.24, 2.45) is 5.92 Å². The zero-order valence-corrected chi connectivity index (χ0v) is 12.9. The van der Waals surface area contributed by atoms with Crippen molar-refractivity contribution in [3.05, 3.63) is 0 Å². The summed E-state index contributed by atoms with van der Waals surface area (Å²) in [6.07, 6.45) is 2.20. The zero-order valence-electron chi connectivity index (χ0n) is 12.9. The zero-order chi connectivity index (χ0) is 15.3. The Kier molecular flexibility index (Phi) is 6.26. The van der Waals surface area contributed by atoms with Crippen molar-refractivity contribution in [3.8, 4) is 0 Å². The van der Waals surface area contributed by atoms with Crippen LogP contribution < -0.4 is 5.32 Å². The second-order valence-corrected chi connectivity index (χ2v) is 5.90. The molecule has 0 aromatic heterocycles. The van der Waals surface area contributed by atoms with Crippen LogP contribution in [0.25, 0.3) is 0 Å². The van der Waals surface area contributed by atoms with Crippen LogP contribution >= 0.6 is 0 Å². The van der Waals surface area contributed by atoms with E-state index in [0.29, 0.717) is 31.5 Å². The molecule has 1 fully saturated rings. The molecule has 1 heterocycles. The Bertz CT molecular complexity index is 347. The number of carboxylic acid groups (broad SMARTS) is 1. The molecule has 0 aromatic carbocycles. The van der Waals surface area contributed by atoms with Crippen molar-refractivity contribution in [2.75, 3.05) is 27.2 Å². The lowest BCUT2D eigenvalue weighted by Crippen LogP contribution is -2.47. The highest BCUT2D eigenvalue weighted by Gasteiger charge is 2.34. The average molecular weight is 285 g/mol. The molecular weight excluding hydrogens is 258 g/mol. The van der Waals surface area contributed by atoms with Crippen molar-refractivity contribution in [2.45, 2.75) is 45.2 Å². The lowest BCUT2D eigenvalue weighted by molar-refractivity contribution is -0.139. The van der Waals surface area contributed by atoms with Gasteiger partial charge in [0.1, 0.15) is 6.04 Å². The molecule has 0 aromatic rings. The Morgan fingerprint density at radius 1 is 1.40 bits per heavy atom. The minimum absolute atomic E-state index is 0.260. The van der Waals surface area contributed by atoms with Crippen LogP contribution in [0.5, 0.6) is 0 Å². The number of hydrogen-bond donors (Lipinski definition) is 2. The van der Waals surface area contributed by atoms with Gasteiger partial charge in [0.25, 0.3) is 0 Å². The Balaban J connectivity index is 2.55. The highest BCUT2D eigenvalue weighted by molar-refractivity contribution is 5.82. The second-order valence-electron chi connectivity index (χ2n) is 5.90. The minimum Gasteiger partial charge on any atom is -0.480 e. The lowest BCUT2D eigenvalue weighted by atomic mass is 10.1. The van der Waals surface area contributed by atoms with Crippen molar-refractivity contribution in [1.29, 1.82) is 0 Å². The van der Waals surface area contributed by atoms with E-state index < -0.39 is 12.0 Å². The molecule has 0 spiro atoms. The molecule has 2 amide bonds. The van der Waals surface area contributed by atoms with Gasteiger partial charge in [-0.3, -0.25) is 0 Å². The minimum atomic E-state index is -0.955. The molecule has 6 nitrogen and oxygen atoms in total. The Labute approximate surface area is 121 Å².